The maximum absolute atomic E-state index is 13.3. The van der Waals surface area contributed by atoms with E-state index in [9.17, 15) is 9.59 Å². The van der Waals surface area contributed by atoms with Gasteiger partial charge in [-0.3, -0.25) is 14.7 Å². The van der Waals surface area contributed by atoms with Crippen LogP contribution in [0.15, 0.2) is 17.1 Å². The van der Waals surface area contributed by atoms with Gasteiger partial charge in [0.1, 0.15) is 5.56 Å². The average Bonchev–Trinajstić information content (AvgIpc) is 2.96. The number of pyridine rings is 1. The van der Waals surface area contributed by atoms with Crippen LogP contribution in [0.2, 0.25) is 0 Å². The van der Waals surface area contributed by atoms with Crippen molar-refractivity contribution in [1.82, 2.24) is 25.0 Å². The highest BCUT2D eigenvalue weighted by Crippen LogP contribution is 2.23. The zero-order chi connectivity index (χ0) is 21.1. The van der Waals surface area contributed by atoms with Crippen molar-refractivity contribution in [2.75, 3.05) is 20.1 Å². The van der Waals surface area contributed by atoms with E-state index in [2.05, 4.69) is 15.5 Å². The van der Waals surface area contributed by atoms with Crippen molar-refractivity contribution >= 4 is 30.7 Å². The first-order valence-electron chi connectivity index (χ1n) is 11.3. The van der Waals surface area contributed by atoms with Crippen molar-refractivity contribution in [1.29, 1.82) is 0 Å². The molecule has 1 aliphatic heterocycles. The molecule has 7 nitrogen and oxygen atoms in total. The van der Waals surface area contributed by atoms with Gasteiger partial charge in [-0.2, -0.15) is 5.10 Å². The van der Waals surface area contributed by atoms with E-state index in [-0.39, 0.29) is 41.8 Å². The van der Waals surface area contributed by atoms with Crippen molar-refractivity contribution in [2.45, 2.75) is 65.0 Å². The summed E-state index contributed by atoms with van der Waals surface area (Å²) in [6, 6.07) is 1.89. The van der Waals surface area contributed by atoms with Crippen molar-refractivity contribution in [2.24, 2.45) is 5.92 Å². The van der Waals surface area contributed by atoms with Gasteiger partial charge in [0.25, 0.3) is 11.5 Å². The molecule has 32 heavy (non-hydrogen) atoms. The van der Waals surface area contributed by atoms with Gasteiger partial charge < -0.3 is 14.8 Å². The van der Waals surface area contributed by atoms with Crippen LogP contribution < -0.4 is 10.9 Å². The largest absolute Gasteiger partial charge is 0.336 e. The molecule has 0 saturated carbocycles. The van der Waals surface area contributed by atoms with Crippen molar-refractivity contribution in [3.63, 3.8) is 0 Å². The summed E-state index contributed by atoms with van der Waals surface area (Å²) in [5, 5.41) is 11.0. The minimum atomic E-state index is -0.223. The molecule has 1 fully saturated rings. The second kappa shape index (κ2) is 11.9. The Balaban J connectivity index is 0.00000181. The van der Waals surface area contributed by atoms with Crippen LogP contribution in [0.5, 0.6) is 0 Å². The predicted octanol–water partition coefficient (Wildman–Crippen LogP) is 3.26. The lowest BCUT2D eigenvalue weighted by Crippen LogP contribution is -2.38. The van der Waals surface area contributed by atoms with Gasteiger partial charge in [-0.25, -0.2) is 0 Å². The molecule has 2 aromatic rings. The molecule has 3 heterocycles. The molecule has 1 saturated heterocycles. The monoisotopic (exact) mass is 483 g/mol. The fourth-order valence-corrected chi connectivity index (χ4v) is 4.77. The number of nitrogens with zero attached hydrogens (tertiary/aromatic N) is 3. The Kier molecular flexibility index (Phi) is 9.80. The lowest BCUT2D eigenvalue weighted by atomic mass is 9.99. The van der Waals surface area contributed by atoms with Crippen LogP contribution in [0.1, 0.15) is 65.0 Å². The highest BCUT2D eigenvalue weighted by atomic mass is 35.5. The molecule has 2 N–H and O–H groups in total. The van der Waals surface area contributed by atoms with Gasteiger partial charge in [0.2, 0.25) is 0 Å². The second-order valence-electron chi connectivity index (χ2n) is 8.89. The standard InChI is InChI=1S/C23H33N5O2.2ClH/c1-16-10-12-28(14-17-7-6-11-24-13-17)23(30)21(16)22(29)27(2)15-20-18-8-4-3-5-9-19(18)25-26-20;;/h10,12,17,24H,3-9,11,13-15H2,1-2H3,(H,25,26);2*1H. The SMILES string of the molecule is Cc1ccn(CC2CCCNC2)c(=O)c1C(=O)N(C)Cc1n[nH]c2c1CCCCC2.Cl.Cl. The number of hydrogen-bond acceptors (Lipinski definition) is 4. The summed E-state index contributed by atoms with van der Waals surface area (Å²) in [5.41, 5.74) is 4.24. The molecule has 0 bridgehead atoms. The molecule has 4 rings (SSSR count). The lowest BCUT2D eigenvalue weighted by Gasteiger charge is -2.24. The van der Waals surface area contributed by atoms with Crippen LogP contribution in [0.4, 0.5) is 0 Å². The first-order chi connectivity index (χ1) is 14.5. The van der Waals surface area contributed by atoms with Crippen LogP contribution in [-0.2, 0) is 25.9 Å². The molecule has 2 aromatic heterocycles. The molecule has 2 aliphatic rings. The highest BCUT2D eigenvalue weighted by molar-refractivity contribution is 5.95. The first-order valence-corrected chi connectivity index (χ1v) is 11.3. The summed E-state index contributed by atoms with van der Waals surface area (Å²) in [4.78, 5) is 28.1. The summed E-state index contributed by atoms with van der Waals surface area (Å²) >= 11 is 0. The lowest BCUT2D eigenvalue weighted by molar-refractivity contribution is 0.0779. The van der Waals surface area contributed by atoms with Crippen LogP contribution in [-0.4, -0.2) is 45.7 Å². The topological polar surface area (TPSA) is 83.0 Å². The number of aromatic nitrogens is 3. The molecule has 1 amide bonds. The Hall–Kier alpha value is -1.83. The molecule has 0 radical (unpaired) electrons. The number of halogens is 2. The Morgan fingerprint density at radius 1 is 1.22 bits per heavy atom. The zero-order valence-corrected chi connectivity index (χ0v) is 20.6. The van der Waals surface area contributed by atoms with E-state index in [0.717, 1.165) is 56.5 Å². The third kappa shape index (κ3) is 5.74. The van der Waals surface area contributed by atoms with Gasteiger partial charge in [0, 0.05) is 25.5 Å². The molecular weight excluding hydrogens is 449 g/mol. The number of amides is 1. The maximum atomic E-state index is 13.3. The molecule has 1 atom stereocenters. The molecule has 0 spiro atoms. The van der Waals surface area contributed by atoms with Crippen molar-refractivity contribution in [3.8, 4) is 0 Å². The van der Waals surface area contributed by atoms with Gasteiger partial charge >= 0.3 is 0 Å². The number of fused-ring (bicyclic) bond motifs is 1. The van der Waals surface area contributed by atoms with E-state index in [1.807, 2.05) is 19.2 Å². The molecular formula is C23H35Cl2N5O2. The third-order valence-corrected chi connectivity index (χ3v) is 6.57. The van der Waals surface area contributed by atoms with Crippen molar-refractivity contribution in [3.05, 3.63) is 50.7 Å². The number of nitrogens with one attached hydrogen (secondary N) is 2. The Bertz CT molecular complexity index is 966. The Labute approximate surface area is 202 Å². The third-order valence-electron chi connectivity index (χ3n) is 6.57. The summed E-state index contributed by atoms with van der Waals surface area (Å²) in [6.45, 7) is 4.89. The first kappa shape index (κ1) is 26.4. The highest BCUT2D eigenvalue weighted by Gasteiger charge is 2.24. The summed E-state index contributed by atoms with van der Waals surface area (Å²) in [6.07, 6.45) is 9.69. The molecule has 1 aliphatic carbocycles. The van der Waals surface area contributed by atoms with Crippen LogP contribution in [0, 0.1) is 12.8 Å². The number of piperidine rings is 1. The summed E-state index contributed by atoms with van der Waals surface area (Å²) < 4.78 is 1.71. The fraction of sp³-hybridized carbons (Fsp3) is 0.609. The van der Waals surface area contributed by atoms with E-state index in [1.165, 1.54) is 24.1 Å². The van der Waals surface area contributed by atoms with E-state index in [4.69, 9.17) is 0 Å². The molecule has 1 unspecified atom stereocenters. The Morgan fingerprint density at radius 2 is 2.00 bits per heavy atom. The number of carbonyl (C=O) groups excluding carboxylic acids is 1. The van der Waals surface area contributed by atoms with Gasteiger partial charge in [-0.1, -0.05) is 6.42 Å². The minimum absolute atomic E-state index is 0. The van der Waals surface area contributed by atoms with E-state index in [1.54, 1.807) is 16.5 Å². The summed E-state index contributed by atoms with van der Waals surface area (Å²) in [7, 11) is 1.77. The fourth-order valence-electron chi connectivity index (χ4n) is 4.77. The van der Waals surface area contributed by atoms with Gasteiger partial charge in [-0.15, -0.1) is 24.8 Å². The van der Waals surface area contributed by atoms with Crippen molar-refractivity contribution < 1.29 is 4.79 Å². The zero-order valence-electron chi connectivity index (χ0n) is 19.0. The number of hydrogen-bond donors (Lipinski definition) is 2. The molecule has 9 heteroatoms. The predicted molar refractivity (Wildman–Crippen MR) is 131 cm³/mol. The number of carbonyl (C=O) groups is 1. The van der Waals surface area contributed by atoms with Gasteiger partial charge in [-0.05, 0) is 81.6 Å². The maximum Gasteiger partial charge on any atom is 0.263 e. The molecule has 178 valence electrons. The normalized spacial score (nSPS) is 18.0. The Morgan fingerprint density at radius 3 is 2.75 bits per heavy atom. The average molecular weight is 484 g/mol. The van der Waals surface area contributed by atoms with Crippen LogP contribution in [0.25, 0.3) is 0 Å². The summed E-state index contributed by atoms with van der Waals surface area (Å²) in [5.74, 6) is 0.207. The molecule has 0 aromatic carbocycles. The second-order valence-corrected chi connectivity index (χ2v) is 8.89. The smallest absolute Gasteiger partial charge is 0.263 e. The quantitative estimate of drug-likeness (QED) is 0.639. The van der Waals surface area contributed by atoms with Crippen LogP contribution in [0.3, 0.4) is 0 Å². The van der Waals surface area contributed by atoms with E-state index in [0.29, 0.717) is 19.0 Å². The number of aryl methyl sites for hydroxylation is 2. The van der Waals surface area contributed by atoms with Gasteiger partial charge in [0.15, 0.2) is 0 Å². The number of rotatable bonds is 5. The van der Waals surface area contributed by atoms with Crippen LogP contribution >= 0.6 is 24.8 Å². The minimum Gasteiger partial charge on any atom is -0.336 e. The number of aromatic amines is 1. The van der Waals surface area contributed by atoms with Gasteiger partial charge in [0.05, 0.1) is 12.2 Å². The van der Waals surface area contributed by atoms with E-state index < -0.39 is 0 Å². The number of H-pyrrole nitrogens is 1. The van der Waals surface area contributed by atoms with E-state index >= 15 is 0 Å².